The number of hydrogen-bond acceptors (Lipinski definition) is 4. The number of aryl methyl sites for hydroxylation is 2. The summed E-state index contributed by atoms with van der Waals surface area (Å²) in [5.41, 5.74) is 2.67. The normalized spacial score (nSPS) is 10.5. The molecule has 0 fully saturated rings. The number of ether oxygens (including phenoxy) is 1. The van der Waals surface area contributed by atoms with Crippen molar-refractivity contribution < 1.29 is 9.53 Å². The van der Waals surface area contributed by atoms with Gasteiger partial charge in [-0.1, -0.05) is 42.5 Å². The van der Waals surface area contributed by atoms with Gasteiger partial charge in [0.2, 0.25) is 5.91 Å². The molecular weight excluding hydrogens is 366 g/mol. The van der Waals surface area contributed by atoms with Gasteiger partial charge in [-0.2, -0.15) is 5.10 Å². The van der Waals surface area contributed by atoms with Crippen molar-refractivity contribution in [2.24, 2.45) is 0 Å². The highest BCUT2D eigenvalue weighted by Gasteiger charge is 2.05. The maximum atomic E-state index is 12.0. The monoisotopic (exact) mass is 391 g/mol. The number of nitrogens with zero attached hydrogens (tertiary/aromatic N) is 2. The van der Waals surface area contributed by atoms with Gasteiger partial charge in [0.05, 0.1) is 12.8 Å². The Kier molecular flexibility index (Phi) is 7.16. The minimum atomic E-state index is -0.143. The molecule has 1 N–H and O–H groups in total. The van der Waals surface area contributed by atoms with Crippen LogP contribution in [0.4, 0.5) is 0 Å². The molecule has 0 spiro atoms. The minimum Gasteiger partial charge on any atom is -0.497 e. The molecule has 6 heteroatoms. The van der Waals surface area contributed by atoms with Gasteiger partial charge in [0.15, 0.2) is 0 Å². The molecule has 0 aliphatic carbocycles. The predicted octanol–water partition coefficient (Wildman–Crippen LogP) is 3.06. The Balaban J connectivity index is 1.44. The van der Waals surface area contributed by atoms with Crippen molar-refractivity contribution in [2.45, 2.75) is 25.8 Å². The topological polar surface area (TPSA) is 73.2 Å². The van der Waals surface area contributed by atoms with Crippen molar-refractivity contribution in [3.63, 3.8) is 0 Å². The van der Waals surface area contributed by atoms with E-state index in [0.717, 1.165) is 22.6 Å². The van der Waals surface area contributed by atoms with Gasteiger partial charge >= 0.3 is 0 Å². The molecule has 29 heavy (non-hydrogen) atoms. The number of methoxy groups -OCH3 is 1. The molecule has 1 aromatic heterocycles. The van der Waals surface area contributed by atoms with E-state index in [1.807, 2.05) is 54.6 Å². The lowest BCUT2D eigenvalue weighted by Gasteiger charge is -2.08. The summed E-state index contributed by atoms with van der Waals surface area (Å²) in [5.74, 6) is 0.803. The Morgan fingerprint density at radius 3 is 2.52 bits per heavy atom. The van der Waals surface area contributed by atoms with Crippen LogP contribution in [0.3, 0.4) is 0 Å². The van der Waals surface area contributed by atoms with E-state index in [4.69, 9.17) is 4.74 Å². The standard InChI is InChI=1S/C23H25N3O3/c1-29-20-11-8-18(9-12-20)10-14-22(27)24-16-5-17-26-23(28)15-13-21(25-26)19-6-3-2-4-7-19/h2-4,6-9,11-13,15H,5,10,14,16-17H2,1H3,(H,24,27). The van der Waals surface area contributed by atoms with Crippen molar-refractivity contribution in [3.8, 4) is 17.0 Å². The highest BCUT2D eigenvalue weighted by molar-refractivity contribution is 5.76. The van der Waals surface area contributed by atoms with Crippen molar-refractivity contribution in [1.29, 1.82) is 0 Å². The first-order valence-corrected chi connectivity index (χ1v) is 9.69. The summed E-state index contributed by atoms with van der Waals surface area (Å²) in [7, 11) is 1.63. The van der Waals surface area contributed by atoms with Crippen LogP contribution in [-0.4, -0.2) is 29.3 Å². The second-order valence-corrected chi connectivity index (χ2v) is 6.70. The molecule has 1 amide bonds. The zero-order valence-electron chi connectivity index (χ0n) is 16.5. The highest BCUT2D eigenvalue weighted by atomic mass is 16.5. The molecule has 0 atom stereocenters. The fraction of sp³-hybridized carbons (Fsp3) is 0.261. The van der Waals surface area contributed by atoms with Crippen LogP contribution in [0.15, 0.2) is 71.5 Å². The molecule has 0 radical (unpaired) electrons. The average molecular weight is 391 g/mol. The van der Waals surface area contributed by atoms with Gasteiger partial charge in [0.25, 0.3) is 5.56 Å². The molecule has 0 aliphatic rings. The lowest BCUT2D eigenvalue weighted by molar-refractivity contribution is -0.121. The SMILES string of the molecule is COc1ccc(CCC(=O)NCCCn2nc(-c3ccccc3)ccc2=O)cc1. The van der Waals surface area contributed by atoms with Crippen molar-refractivity contribution >= 4 is 5.91 Å². The summed E-state index contributed by atoms with van der Waals surface area (Å²) in [6.45, 7) is 0.962. The molecule has 1 heterocycles. The number of nitrogens with one attached hydrogen (secondary N) is 1. The number of rotatable bonds is 9. The van der Waals surface area contributed by atoms with Gasteiger partial charge in [-0.05, 0) is 36.6 Å². The van der Waals surface area contributed by atoms with E-state index < -0.39 is 0 Å². The van der Waals surface area contributed by atoms with Gasteiger partial charge in [-0.15, -0.1) is 0 Å². The molecule has 0 unspecified atom stereocenters. The average Bonchev–Trinajstić information content (AvgIpc) is 2.77. The zero-order chi connectivity index (χ0) is 20.5. The van der Waals surface area contributed by atoms with E-state index in [1.54, 1.807) is 13.2 Å². The summed E-state index contributed by atoms with van der Waals surface area (Å²) in [4.78, 5) is 24.1. The van der Waals surface area contributed by atoms with E-state index >= 15 is 0 Å². The molecule has 3 rings (SSSR count). The maximum absolute atomic E-state index is 12.0. The number of carbonyl (C=O) groups is 1. The molecule has 3 aromatic rings. The molecular formula is C23H25N3O3. The first-order chi connectivity index (χ1) is 14.2. The summed E-state index contributed by atoms with van der Waals surface area (Å²) in [6, 6.07) is 20.7. The third-order valence-corrected chi connectivity index (χ3v) is 4.60. The number of amides is 1. The van der Waals surface area contributed by atoms with Crippen molar-refractivity contribution in [3.05, 3.63) is 82.6 Å². The van der Waals surface area contributed by atoms with E-state index in [2.05, 4.69) is 10.4 Å². The van der Waals surface area contributed by atoms with Crippen LogP contribution >= 0.6 is 0 Å². The van der Waals surface area contributed by atoms with Crippen LogP contribution in [-0.2, 0) is 17.8 Å². The molecule has 6 nitrogen and oxygen atoms in total. The third kappa shape index (κ3) is 6.04. The Hall–Kier alpha value is -3.41. The predicted molar refractivity (Wildman–Crippen MR) is 113 cm³/mol. The second-order valence-electron chi connectivity index (χ2n) is 6.70. The summed E-state index contributed by atoms with van der Waals surface area (Å²) < 4.78 is 6.58. The van der Waals surface area contributed by atoms with Crippen LogP contribution < -0.4 is 15.6 Å². The first kappa shape index (κ1) is 20.3. The molecule has 2 aromatic carbocycles. The third-order valence-electron chi connectivity index (χ3n) is 4.60. The van der Waals surface area contributed by atoms with Gasteiger partial charge in [-0.25, -0.2) is 4.68 Å². The van der Waals surface area contributed by atoms with Crippen LogP contribution in [0, 0.1) is 0 Å². The van der Waals surface area contributed by atoms with Crippen LogP contribution in [0.25, 0.3) is 11.3 Å². The lowest BCUT2D eigenvalue weighted by atomic mass is 10.1. The van der Waals surface area contributed by atoms with Crippen molar-refractivity contribution in [1.82, 2.24) is 15.1 Å². The zero-order valence-corrected chi connectivity index (χ0v) is 16.5. The Morgan fingerprint density at radius 2 is 1.79 bits per heavy atom. The van der Waals surface area contributed by atoms with Gasteiger partial charge < -0.3 is 10.1 Å². The van der Waals surface area contributed by atoms with Crippen LogP contribution in [0.5, 0.6) is 5.75 Å². The second kappa shape index (κ2) is 10.2. The Bertz CT molecular complexity index is 982. The number of benzene rings is 2. The van der Waals surface area contributed by atoms with Gasteiger partial charge in [-0.3, -0.25) is 9.59 Å². The Labute approximate surface area is 170 Å². The summed E-state index contributed by atoms with van der Waals surface area (Å²) >= 11 is 0. The first-order valence-electron chi connectivity index (χ1n) is 9.69. The van der Waals surface area contributed by atoms with E-state index in [-0.39, 0.29) is 11.5 Å². The Morgan fingerprint density at radius 1 is 1.03 bits per heavy atom. The molecule has 0 aliphatic heterocycles. The highest BCUT2D eigenvalue weighted by Crippen LogP contribution is 2.14. The number of aromatic nitrogens is 2. The molecule has 150 valence electrons. The maximum Gasteiger partial charge on any atom is 0.266 e. The van der Waals surface area contributed by atoms with E-state index in [0.29, 0.717) is 32.4 Å². The van der Waals surface area contributed by atoms with Crippen LogP contribution in [0.1, 0.15) is 18.4 Å². The molecule has 0 saturated carbocycles. The smallest absolute Gasteiger partial charge is 0.266 e. The van der Waals surface area contributed by atoms with Crippen LogP contribution in [0.2, 0.25) is 0 Å². The van der Waals surface area contributed by atoms with Gasteiger partial charge in [0.1, 0.15) is 5.75 Å². The van der Waals surface area contributed by atoms with E-state index in [1.165, 1.54) is 10.7 Å². The fourth-order valence-corrected chi connectivity index (χ4v) is 2.97. The summed E-state index contributed by atoms with van der Waals surface area (Å²) in [6.07, 6.45) is 1.74. The van der Waals surface area contributed by atoms with E-state index in [9.17, 15) is 9.59 Å². The lowest BCUT2D eigenvalue weighted by Crippen LogP contribution is -2.28. The largest absolute Gasteiger partial charge is 0.497 e. The summed E-state index contributed by atoms with van der Waals surface area (Å²) in [5, 5.41) is 7.34. The number of carbonyl (C=O) groups excluding carboxylic acids is 1. The quantitative estimate of drug-likeness (QED) is 0.569. The van der Waals surface area contributed by atoms with Crippen molar-refractivity contribution in [2.75, 3.05) is 13.7 Å². The molecule has 0 saturated heterocycles. The van der Waals surface area contributed by atoms with Gasteiger partial charge in [0, 0.05) is 31.1 Å². The number of hydrogen-bond donors (Lipinski definition) is 1. The molecule has 0 bridgehead atoms. The fourth-order valence-electron chi connectivity index (χ4n) is 2.97. The minimum absolute atomic E-state index is 0.000777.